The molecule has 1 aromatic heterocycles. The van der Waals surface area contributed by atoms with Crippen LogP contribution in [0.15, 0.2) is 63.4 Å². The topological polar surface area (TPSA) is 82.8 Å². The van der Waals surface area contributed by atoms with E-state index in [0.717, 1.165) is 12.1 Å². The molecule has 0 radical (unpaired) electrons. The van der Waals surface area contributed by atoms with Crippen molar-refractivity contribution in [1.29, 1.82) is 0 Å². The van der Waals surface area contributed by atoms with Crippen LogP contribution in [0.3, 0.4) is 0 Å². The van der Waals surface area contributed by atoms with Crippen molar-refractivity contribution in [3.05, 3.63) is 75.1 Å². The smallest absolute Gasteiger partial charge is 0.461 e. The molecule has 0 aliphatic carbocycles. The van der Waals surface area contributed by atoms with Gasteiger partial charge in [-0.3, -0.25) is 9.79 Å². The highest BCUT2D eigenvalue weighted by molar-refractivity contribution is 6.39. The molecule has 0 bridgehead atoms. The number of rotatable bonds is 5. The standard InChI is InChI=1S/C22H15ClF3N3O4/c1-2-32-21(31)19-20(30)18-15(16-10-12(23)11-27-16)4-3-5-17(18)29(28-19)13-6-8-14(9-7-13)33-22(24,25)26/h3-11,16H,2H2,1H3. The Morgan fingerprint density at radius 2 is 1.91 bits per heavy atom. The molecule has 170 valence electrons. The summed E-state index contributed by atoms with van der Waals surface area (Å²) in [6.45, 7) is 1.61. The van der Waals surface area contributed by atoms with Gasteiger partial charge in [0.1, 0.15) is 5.75 Å². The Bertz CT molecular complexity index is 1350. The Hall–Kier alpha value is -3.66. The number of hydrogen-bond acceptors (Lipinski definition) is 6. The van der Waals surface area contributed by atoms with Gasteiger partial charge in [-0.15, -0.1) is 13.2 Å². The number of benzene rings is 2. The second-order valence-electron chi connectivity index (χ2n) is 6.87. The number of fused-ring (bicyclic) bond motifs is 1. The van der Waals surface area contributed by atoms with Gasteiger partial charge in [0.25, 0.3) is 0 Å². The second kappa shape index (κ2) is 8.70. The summed E-state index contributed by atoms with van der Waals surface area (Å²) in [5.74, 6) is -1.35. The molecule has 1 unspecified atom stereocenters. The number of carbonyl (C=O) groups is 1. The van der Waals surface area contributed by atoms with Gasteiger partial charge in [-0.2, -0.15) is 5.10 Å². The largest absolute Gasteiger partial charge is 0.573 e. The molecule has 0 saturated carbocycles. The number of carbonyl (C=O) groups excluding carboxylic acids is 1. The van der Waals surface area contributed by atoms with E-state index in [1.165, 1.54) is 23.0 Å². The van der Waals surface area contributed by atoms with Gasteiger partial charge in [-0.1, -0.05) is 23.7 Å². The molecular formula is C22H15ClF3N3O4. The first-order valence-electron chi connectivity index (χ1n) is 9.67. The molecule has 33 heavy (non-hydrogen) atoms. The lowest BCUT2D eigenvalue weighted by Gasteiger charge is -2.16. The van der Waals surface area contributed by atoms with Crippen molar-refractivity contribution in [3.8, 4) is 11.4 Å². The van der Waals surface area contributed by atoms with Gasteiger partial charge in [0.15, 0.2) is 0 Å². The normalized spacial score (nSPS) is 15.5. The van der Waals surface area contributed by atoms with Gasteiger partial charge in [0, 0.05) is 6.21 Å². The second-order valence-corrected chi connectivity index (χ2v) is 7.30. The minimum Gasteiger partial charge on any atom is -0.461 e. The minimum absolute atomic E-state index is 0.0222. The van der Waals surface area contributed by atoms with E-state index in [2.05, 4.69) is 14.8 Å². The van der Waals surface area contributed by atoms with Crippen LogP contribution in [-0.2, 0) is 4.74 Å². The third kappa shape index (κ3) is 4.61. The average molecular weight is 478 g/mol. The molecule has 0 N–H and O–H groups in total. The predicted molar refractivity (Wildman–Crippen MR) is 115 cm³/mol. The van der Waals surface area contributed by atoms with Gasteiger partial charge in [0.2, 0.25) is 11.1 Å². The molecular weight excluding hydrogens is 463 g/mol. The van der Waals surface area contributed by atoms with E-state index in [1.54, 1.807) is 31.2 Å². The van der Waals surface area contributed by atoms with Crippen molar-refractivity contribution in [2.45, 2.75) is 19.3 Å². The first kappa shape index (κ1) is 22.5. The van der Waals surface area contributed by atoms with Crippen LogP contribution in [0.4, 0.5) is 13.2 Å². The van der Waals surface area contributed by atoms with Crippen LogP contribution in [0.2, 0.25) is 0 Å². The molecule has 0 saturated heterocycles. The van der Waals surface area contributed by atoms with E-state index in [9.17, 15) is 22.8 Å². The first-order chi connectivity index (χ1) is 15.7. The molecule has 2 heterocycles. The van der Waals surface area contributed by atoms with E-state index < -0.39 is 35.2 Å². The number of allylic oxidation sites excluding steroid dienone is 1. The molecule has 0 amide bonds. The fourth-order valence-corrected chi connectivity index (χ4v) is 3.60. The Morgan fingerprint density at radius 3 is 2.52 bits per heavy atom. The highest BCUT2D eigenvalue weighted by atomic mass is 35.5. The number of aliphatic imine (C=N–C) groups is 1. The van der Waals surface area contributed by atoms with Crippen molar-refractivity contribution in [3.63, 3.8) is 0 Å². The fourth-order valence-electron chi connectivity index (χ4n) is 3.42. The fraction of sp³-hybridized carbons (Fsp3) is 0.182. The Morgan fingerprint density at radius 1 is 1.18 bits per heavy atom. The quantitative estimate of drug-likeness (QED) is 0.497. The first-order valence-corrected chi connectivity index (χ1v) is 10.1. The van der Waals surface area contributed by atoms with Gasteiger partial charge in [-0.25, -0.2) is 9.48 Å². The summed E-state index contributed by atoms with van der Waals surface area (Å²) in [6, 6.07) is 9.26. The van der Waals surface area contributed by atoms with E-state index >= 15 is 0 Å². The zero-order valence-electron chi connectivity index (χ0n) is 17.0. The number of nitrogens with zero attached hydrogens (tertiary/aromatic N) is 3. The van der Waals surface area contributed by atoms with Crippen molar-refractivity contribution in [2.75, 3.05) is 6.61 Å². The van der Waals surface area contributed by atoms with Crippen molar-refractivity contribution in [2.24, 2.45) is 4.99 Å². The lowest BCUT2D eigenvalue weighted by Crippen LogP contribution is -2.25. The van der Waals surface area contributed by atoms with Crippen LogP contribution in [0.5, 0.6) is 5.75 Å². The highest BCUT2D eigenvalue weighted by Gasteiger charge is 2.31. The van der Waals surface area contributed by atoms with Gasteiger partial charge in [0.05, 0.1) is 34.3 Å². The summed E-state index contributed by atoms with van der Waals surface area (Å²) in [5, 5.41) is 4.73. The van der Waals surface area contributed by atoms with Crippen LogP contribution in [0, 0.1) is 0 Å². The summed E-state index contributed by atoms with van der Waals surface area (Å²) in [6.07, 6.45) is -1.74. The number of alkyl halides is 3. The molecule has 1 atom stereocenters. The third-order valence-electron chi connectivity index (χ3n) is 4.72. The Labute approximate surface area is 189 Å². The zero-order chi connectivity index (χ0) is 23.8. The number of halogens is 4. The van der Waals surface area contributed by atoms with E-state index in [4.69, 9.17) is 16.3 Å². The lowest BCUT2D eigenvalue weighted by molar-refractivity contribution is -0.274. The van der Waals surface area contributed by atoms with Gasteiger partial charge >= 0.3 is 12.3 Å². The molecule has 4 rings (SSSR count). The average Bonchev–Trinajstić information content (AvgIpc) is 3.19. The molecule has 11 heteroatoms. The molecule has 1 aliphatic rings. The molecule has 3 aromatic rings. The number of esters is 1. The molecule has 1 aliphatic heterocycles. The number of aromatic nitrogens is 2. The van der Waals surface area contributed by atoms with E-state index in [1.807, 2.05) is 0 Å². The van der Waals surface area contributed by atoms with E-state index in [-0.39, 0.29) is 12.0 Å². The maximum atomic E-state index is 13.3. The van der Waals surface area contributed by atoms with Crippen molar-refractivity contribution >= 4 is 34.7 Å². The van der Waals surface area contributed by atoms with E-state index in [0.29, 0.717) is 21.8 Å². The van der Waals surface area contributed by atoms with Crippen molar-refractivity contribution < 1.29 is 27.4 Å². The number of hydrogen-bond donors (Lipinski definition) is 0. The highest BCUT2D eigenvalue weighted by Crippen LogP contribution is 2.31. The Kier molecular flexibility index (Phi) is 5.94. The predicted octanol–water partition coefficient (Wildman–Crippen LogP) is 4.71. The molecule has 7 nitrogen and oxygen atoms in total. The summed E-state index contributed by atoms with van der Waals surface area (Å²) in [5.41, 5.74) is -0.0195. The maximum absolute atomic E-state index is 13.3. The minimum atomic E-state index is -4.84. The monoisotopic (exact) mass is 477 g/mol. The molecule has 0 fully saturated rings. The molecule has 2 aromatic carbocycles. The van der Waals surface area contributed by atoms with Crippen LogP contribution in [0.25, 0.3) is 16.6 Å². The van der Waals surface area contributed by atoms with Gasteiger partial charge < -0.3 is 9.47 Å². The number of ether oxygens (including phenoxy) is 2. The SMILES string of the molecule is CCOC(=O)c1nn(-c2ccc(OC(F)(F)F)cc2)c2cccc(C3C=C(Cl)C=N3)c2c1=O. The Balaban J connectivity index is 1.94. The van der Waals surface area contributed by atoms with Crippen LogP contribution >= 0.6 is 11.6 Å². The zero-order valence-corrected chi connectivity index (χ0v) is 17.7. The summed E-state index contributed by atoms with van der Waals surface area (Å²) < 4.78 is 47.7. The van der Waals surface area contributed by atoms with Gasteiger partial charge in [-0.05, 0) is 48.9 Å². The van der Waals surface area contributed by atoms with Crippen LogP contribution < -0.4 is 10.2 Å². The van der Waals surface area contributed by atoms with Crippen LogP contribution in [0.1, 0.15) is 29.0 Å². The molecule has 0 spiro atoms. The summed E-state index contributed by atoms with van der Waals surface area (Å²) >= 11 is 6.01. The van der Waals surface area contributed by atoms with Crippen molar-refractivity contribution in [1.82, 2.24) is 9.78 Å². The third-order valence-corrected chi connectivity index (χ3v) is 4.95. The summed E-state index contributed by atoms with van der Waals surface area (Å²) in [7, 11) is 0. The maximum Gasteiger partial charge on any atom is 0.573 e. The van der Waals surface area contributed by atoms with Crippen LogP contribution in [-0.4, -0.2) is 34.9 Å². The lowest BCUT2D eigenvalue weighted by atomic mass is 10.0. The summed E-state index contributed by atoms with van der Waals surface area (Å²) in [4.78, 5) is 30.0.